The number of hydrogen-bond acceptors (Lipinski definition) is 8. The number of ether oxygens (including phenoxy) is 2. The van der Waals surface area contributed by atoms with E-state index in [2.05, 4.69) is 4.74 Å². The van der Waals surface area contributed by atoms with E-state index in [1.807, 2.05) is 0 Å². The van der Waals surface area contributed by atoms with Gasteiger partial charge < -0.3 is 27.9 Å². The van der Waals surface area contributed by atoms with Gasteiger partial charge >= 0.3 is 21.2 Å². The molecule has 164 valence electrons. The number of esters is 1. The first-order valence-corrected chi connectivity index (χ1v) is 12.5. The highest BCUT2D eigenvalue weighted by molar-refractivity contribution is 7.53. The van der Waals surface area contributed by atoms with E-state index in [-0.39, 0.29) is 24.6 Å². The molecule has 0 bridgehead atoms. The van der Waals surface area contributed by atoms with E-state index in [4.69, 9.17) is 18.3 Å². The van der Waals surface area contributed by atoms with Crippen molar-refractivity contribution in [2.24, 2.45) is 0 Å². The predicted octanol–water partition coefficient (Wildman–Crippen LogP) is 4.19. The summed E-state index contributed by atoms with van der Waals surface area (Å²) >= 11 is 0. The van der Waals surface area contributed by atoms with Gasteiger partial charge in [0.2, 0.25) is 0 Å². The average Bonchev–Trinajstić information content (AvgIpc) is 2.54. The van der Waals surface area contributed by atoms with E-state index in [9.17, 15) is 18.8 Å². The Kier molecular flexibility index (Phi) is 17.9. The molecular weight excluding hydrogens is 398 g/mol. The van der Waals surface area contributed by atoms with Crippen LogP contribution in [0.2, 0.25) is 0 Å². The highest BCUT2D eigenvalue weighted by Crippen LogP contribution is 2.47. The molecule has 0 fully saturated rings. The van der Waals surface area contributed by atoms with Crippen molar-refractivity contribution in [1.29, 1.82) is 0 Å². The Bertz CT molecular complexity index is 445. The van der Waals surface area contributed by atoms with Crippen LogP contribution < -0.4 is 0 Å². The van der Waals surface area contributed by atoms with Gasteiger partial charge in [0.25, 0.3) is 0 Å². The second-order valence-corrected chi connectivity index (χ2v) is 9.70. The summed E-state index contributed by atoms with van der Waals surface area (Å²) in [5, 5.41) is 0. The van der Waals surface area contributed by atoms with Gasteiger partial charge in [0, 0.05) is 19.7 Å². The summed E-state index contributed by atoms with van der Waals surface area (Å²) in [7, 11) is -3.57. The molecule has 1 unspecified atom stereocenters. The Balaban J connectivity index is 0. The summed E-state index contributed by atoms with van der Waals surface area (Å²) < 4.78 is 46.8. The molecule has 0 aromatic heterocycles. The van der Waals surface area contributed by atoms with E-state index in [1.165, 1.54) is 14.2 Å². The van der Waals surface area contributed by atoms with Gasteiger partial charge in [-0.05, 0) is 40.5 Å². The third kappa shape index (κ3) is 18.8. The maximum atomic E-state index is 11.4. The van der Waals surface area contributed by atoms with Crippen molar-refractivity contribution in [3.05, 3.63) is 0 Å². The molecule has 0 aliphatic carbocycles. The lowest BCUT2D eigenvalue weighted by atomic mass is 10.2. The molecule has 0 saturated carbocycles. The molecule has 0 rings (SSSR count). The number of hydrogen-bond donors (Lipinski definition) is 1. The highest BCUT2D eigenvalue weighted by Gasteiger charge is 2.22. The monoisotopic (exact) mass is 434 g/mol. The van der Waals surface area contributed by atoms with Crippen LogP contribution in [0.15, 0.2) is 0 Å². The minimum Gasteiger partial charge on any atom is -0.469 e. The fraction of sp³-hybridized carbons (Fsp3) is 0.938. The van der Waals surface area contributed by atoms with E-state index in [0.717, 1.165) is 6.42 Å². The van der Waals surface area contributed by atoms with Gasteiger partial charge in [0.1, 0.15) is 6.35 Å². The van der Waals surface area contributed by atoms with Crippen molar-refractivity contribution >= 4 is 21.2 Å². The van der Waals surface area contributed by atoms with Crippen LogP contribution in [0, 0.1) is 0 Å². The highest BCUT2D eigenvalue weighted by atomic mass is 31.2. The largest absolute Gasteiger partial charge is 0.469 e. The molecule has 0 spiro atoms. The van der Waals surface area contributed by atoms with Gasteiger partial charge in [0.15, 0.2) is 0 Å². The Hall–Kier alpha value is -0.270. The number of carbonyl (C=O) groups is 1. The van der Waals surface area contributed by atoms with E-state index in [0.29, 0.717) is 32.5 Å². The zero-order valence-corrected chi connectivity index (χ0v) is 19.1. The third-order valence-electron chi connectivity index (χ3n) is 2.86. The van der Waals surface area contributed by atoms with Crippen LogP contribution >= 0.6 is 15.2 Å². The molecule has 1 N–H and O–H groups in total. The molecule has 0 amide bonds. The minimum atomic E-state index is -3.44. The van der Waals surface area contributed by atoms with Crippen LogP contribution in [0.25, 0.3) is 0 Å². The van der Waals surface area contributed by atoms with E-state index in [1.54, 1.807) is 27.7 Å². The maximum Gasteiger partial charge on any atom is 0.356 e. The summed E-state index contributed by atoms with van der Waals surface area (Å²) in [6.45, 7) is 7.73. The molecule has 0 heterocycles. The van der Waals surface area contributed by atoms with E-state index < -0.39 is 15.2 Å². The van der Waals surface area contributed by atoms with Crippen LogP contribution in [0.5, 0.6) is 0 Å². The number of unbranched alkanes of at least 4 members (excludes halogenated alkanes) is 2. The SMILES string of the molecule is CCOP(=O)(COC)OCC.COC(=O)CCCCCP(=O)(O)OC(C)C. The molecule has 9 nitrogen and oxygen atoms in total. The molecule has 0 aromatic carbocycles. The summed E-state index contributed by atoms with van der Waals surface area (Å²) in [6.07, 6.45) is 2.26. The summed E-state index contributed by atoms with van der Waals surface area (Å²) in [5.41, 5.74) is 0. The lowest BCUT2D eigenvalue weighted by Crippen LogP contribution is -2.03. The second-order valence-electron chi connectivity index (χ2n) is 5.77. The van der Waals surface area contributed by atoms with Crippen molar-refractivity contribution in [1.82, 2.24) is 0 Å². The molecule has 1 atom stereocenters. The topological polar surface area (TPSA) is 118 Å². The van der Waals surface area contributed by atoms with Gasteiger partial charge in [-0.15, -0.1) is 0 Å². The van der Waals surface area contributed by atoms with Crippen molar-refractivity contribution in [3.8, 4) is 0 Å². The van der Waals surface area contributed by atoms with Crippen molar-refractivity contribution in [2.45, 2.75) is 59.5 Å². The van der Waals surface area contributed by atoms with Crippen LogP contribution in [0.1, 0.15) is 53.4 Å². The fourth-order valence-corrected chi connectivity index (χ4v) is 4.62. The molecule has 0 aliphatic rings. The first-order chi connectivity index (χ1) is 12.6. The van der Waals surface area contributed by atoms with Gasteiger partial charge in [-0.25, -0.2) is 0 Å². The van der Waals surface area contributed by atoms with Crippen LogP contribution in [-0.2, 0) is 37.0 Å². The van der Waals surface area contributed by atoms with Crippen molar-refractivity contribution in [3.63, 3.8) is 0 Å². The Morgan fingerprint density at radius 2 is 1.56 bits per heavy atom. The van der Waals surface area contributed by atoms with Crippen molar-refractivity contribution < 1.29 is 41.9 Å². The van der Waals surface area contributed by atoms with Gasteiger partial charge in [-0.1, -0.05) is 6.42 Å². The predicted molar refractivity (Wildman–Crippen MR) is 104 cm³/mol. The molecule has 0 aromatic rings. The summed E-state index contributed by atoms with van der Waals surface area (Å²) in [4.78, 5) is 20.1. The lowest BCUT2D eigenvalue weighted by Gasteiger charge is -2.15. The molecule has 0 radical (unpaired) electrons. The summed E-state index contributed by atoms with van der Waals surface area (Å²) in [6, 6.07) is 0. The zero-order valence-electron chi connectivity index (χ0n) is 17.3. The average molecular weight is 434 g/mol. The fourth-order valence-electron chi connectivity index (χ4n) is 1.91. The van der Waals surface area contributed by atoms with Crippen LogP contribution in [0.3, 0.4) is 0 Å². The maximum absolute atomic E-state index is 11.4. The molecular formula is C16H36O9P2. The van der Waals surface area contributed by atoms with Crippen LogP contribution in [-0.4, -0.2) is 56.9 Å². The Labute approximate surface area is 163 Å². The molecule has 11 heteroatoms. The standard InChI is InChI=1S/C10H21O5P.C6H15O4P/c1-9(2)15-16(12,13)8-6-4-5-7-10(11)14-3;1-4-9-11(7,6-8-3)10-5-2/h9H,4-8H2,1-3H3,(H,12,13);4-6H2,1-3H3. The number of carbonyl (C=O) groups excluding carboxylic acids is 1. The quantitative estimate of drug-likeness (QED) is 0.244. The molecule has 0 saturated heterocycles. The Morgan fingerprint density at radius 1 is 1.00 bits per heavy atom. The third-order valence-corrected chi connectivity index (χ3v) is 6.37. The van der Waals surface area contributed by atoms with Crippen LogP contribution in [0.4, 0.5) is 0 Å². The first-order valence-electron chi connectivity index (χ1n) is 8.99. The van der Waals surface area contributed by atoms with Gasteiger partial charge in [-0.2, -0.15) is 0 Å². The van der Waals surface area contributed by atoms with Gasteiger partial charge in [-0.3, -0.25) is 13.9 Å². The number of rotatable bonds is 14. The lowest BCUT2D eigenvalue weighted by molar-refractivity contribution is -0.140. The Morgan fingerprint density at radius 3 is 1.96 bits per heavy atom. The summed E-state index contributed by atoms with van der Waals surface area (Å²) in [5.74, 6) is -0.245. The zero-order chi connectivity index (χ0) is 21.3. The first kappa shape index (κ1) is 28.9. The minimum absolute atomic E-state index is 0.0225. The normalized spacial score (nSPS) is 13.6. The smallest absolute Gasteiger partial charge is 0.356 e. The molecule has 0 aliphatic heterocycles. The molecule has 27 heavy (non-hydrogen) atoms. The number of methoxy groups -OCH3 is 2. The van der Waals surface area contributed by atoms with Crippen molar-refractivity contribution in [2.75, 3.05) is 39.9 Å². The van der Waals surface area contributed by atoms with Gasteiger partial charge in [0.05, 0.1) is 26.4 Å². The van der Waals surface area contributed by atoms with E-state index >= 15 is 0 Å². The second kappa shape index (κ2) is 16.7.